The standard InChI is InChI=1S/C14H18N2O/c1-15-10-8-13(16-9-4-7-14(16)17)11-5-2-3-6-12(11)15/h2-3,5-6,13H,4,7-10H2,1H3/t13-/m1/s1. The normalized spacial score (nSPS) is 24.1. The first-order chi connectivity index (χ1) is 8.27. The van der Waals surface area contributed by atoms with Gasteiger partial charge in [0.2, 0.25) is 5.91 Å². The first-order valence-corrected chi connectivity index (χ1v) is 6.37. The van der Waals surface area contributed by atoms with Crippen LogP contribution in [-0.4, -0.2) is 30.9 Å². The predicted molar refractivity (Wildman–Crippen MR) is 68.0 cm³/mol. The summed E-state index contributed by atoms with van der Waals surface area (Å²) < 4.78 is 0. The molecule has 0 saturated carbocycles. The van der Waals surface area contributed by atoms with Crippen LogP contribution < -0.4 is 4.90 Å². The maximum Gasteiger partial charge on any atom is 0.223 e. The minimum Gasteiger partial charge on any atom is -0.374 e. The van der Waals surface area contributed by atoms with Crippen LogP contribution in [-0.2, 0) is 4.79 Å². The Morgan fingerprint density at radius 2 is 2.06 bits per heavy atom. The molecular formula is C14H18N2O. The van der Waals surface area contributed by atoms with E-state index in [1.165, 1.54) is 11.3 Å². The smallest absolute Gasteiger partial charge is 0.223 e. The highest BCUT2D eigenvalue weighted by Gasteiger charge is 2.32. The third-order valence-electron chi connectivity index (χ3n) is 3.93. The Labute approximate surface area is 102 Å². The molecule has 3 heteroatoms. The van der Waals surface area contributed by atoms with Gasteiger partial charge in [-0.2, -0.15) is 0 Å². The molecule has 1 atom stereocenters. The minimum absolute atomic E-state index is 0.303. The highest BCUT2D eigenvalue weighted by molar-refractivity contribution is 5.79. The van der Waals surface area contributed by atoms with Crippen molar-refractivity contribution in [3.8, 4) is 0 Å². The number of nitrogens with zero attached hydrogens (tertiary/aromatic N) is 2. The lowest BCUT2D eigenvalue weighted by Gasteiger charge is -2.37. The van der Waals surface area contributed by atoms with E-state index in [9.17, 15) is 4.79 Å². The zero-order chi connectivity index (χ0) is 11.8. The quantitative estimate of drug-likeness (QED) is 0.738. The number of carbonyl (C=O) groups excluding carboxylic acids is 1. The summed E-state index contributed by atoms with van der Waals surface area (Å²) in [6.07, 6.45) is 2.81. The Hall–Kier alpha value is -1.51. The maximum absolute atomic E-state index is 11.9. The van der Waals surface area contributed by atoms with Crippen LogP contribution in [0.4, 0.5) is 5.69 Å². The van der Waals surface area contributed by atoms with Crippen LogP contribution in [0.15, 0.2) is 24.3 Å². The van der Waals surface area contributed by atoms with E-state index in [0.29, 0.717) is 11.9 Å². The van der Waals surface area contributed by atoms with E-state index >= 15 is 0 Å². The fourth-order valence-corrected chi connectivity index (χ4v) is 3.03. The van der Waals surface area contributed by atoms with Crippen molar-refractivity contribution < 1.29 is 4.79 Å². The number of rotatable bonds is 1. The second-order valence-electron chi connectivity index (χ2n) is 4.98. The van der Waals surface area contributed by atoms with E-state index in [4.69, 9.17) is 0 Å². The first-order valence-electron chi connectivity index (χ1n) is 6.37. The summed E-state index contributed by atoms with van der Waals surface area (Å²) >= 11 is 0. The summed E-state index contributed by atoms with van der Waals surface area (Å²) in [5.74, 6) is 0.328. The van der Waals surface area contributed by atoms with Crippen molar-refractivity contribution in [2.45, 2.75) is 25.3 Å². The van der Waals surface area contributed by atoms with Crippen LogP contribution in [0.3, 0.4) is 0 Å². The number of para-hydroxylation sites is 1. The number of fused-ring (bicyclic) bond motifs is 1. The van der Waals surface area contributed by atoms with Crippen molar-refractivity contribution in [3.63, 3.8) is 0 Å². The summed E-state index contributed by atoms with van der Waals surface area (Å²) in [5, 5.41) is 0. The Morgan fingerprint density at radius 3 is 2.82 bits per heavy atom. The van der Waals surface area contributed by atoms with E-state index in [2.05, 4.69) is 41.1 Å². The highest BCUT2D eigenvalue weighted by Crippen LogP contribution is 2.38. The van der Waals surface area contributed by atoms with E-state index < -0.39 is 0 Å². The van der Waals surface area contributed by atoms with Gasteiger partial charge in [-0.1, -0.05) is 18.2 Å². The molecule has 3 rings (SSSR count). The Morgan fingerprint density at radius 1 is 1.24 bits per heavy atom. The van der Waals surface area contributed by atoms with E-state index in [1.807, 2.05) is 0 Å². The molecule has 2 aliphatic rings. The third-order valence-corrected chi connectivity index (χ3v) is 3.93. The summed E-state index contributed by atoms with van der Waals surface area (Å²) in [6.45, 7) is 1.97. The van der Waals surface area contributed by atoms with Crippen LogP contribution in [0.1, 0.15) is 30.9 Å². The van der Waals surface area contributed by atoms with E-state index in [1.54, 1.807) is 0 Å². The predicted octanol–water partition coefficient (Wildman–Crippen LogP) is 2.19. The lowest BCUT2D eigenvalue weighted by molar-refractivity contribution is -0.130. The van der Waals surface area contributed by atoms with Crippen molar-refractivity contribution in [2.75, 3.05) is 25.0 Å². The lowest BCUT2D eigenvalue weighted by atomic mass is 9.95. The van der Waals surface area contributed by atoms with Gasteiger partial charge in [0.15, 0.2) is 0 Å². The minimum atomic E-state index is 0.303. The molecule has 1 amide bonds. The van der Waals surface area contributed by atoms with Gasteiger partial charge in [-0.3, -0.25) is 4.79 Å². The molecule has 1 aromatic carbocycles. The van der Waals surface area contributed by atoms with Crippen LogP contribution in [0.5, 0.6) is 0 Å². The van der Waals surface area contributed by atoms with Crippen molar-refractivity contribution >= 4 is 11.6 Å². The number of anilines is 1. The molecular weight excluding hydrogens is 212 g/mol. The topological polar surface area (TPSA) is 23.6 Å². The van der Waals surface area contributed by atoms with Gasteiger partial charge in [0.05, 0.1) is 6.04 Å². The van der Waals surface area contributed by atoms with E-state index in [-0.39, 0.29) is 0 Å². The second-order valence-corrected chi connectivity index (χ2v) is 4.98. The fourth-order valence-electron chi connectivity index (χ4n) is 3.03. The van der Waals surface area contributed by atoms with E-state index in [0.717, 1.165) is 32.4 Å². The second kappa shape index (κ2) is 4.06. The van der Waals surface area contributed by atoms with Gasteiger partial charge in [-0.05, 0) is 24.5 Å². The molecule has 0 aromatic heterocycles. The zero-order valence-electron chi connectivity index (χ0n) is 10.2. The fraction of sp³-hybridized carbons (Fsp3) is 0.500. The van der Waals surface area contributed by atoms with Crippen molar-refractivity contribution in [3.05, 3.63) is 29.8 Å². The number of hydrogen-bond acceptors (Lipinski definition) is 2. The molecule has 0 aliphatic carbocycles. The zero-order valence-corrected chi connectivity index (χ0v) is 10.2. The van der Waals surface area contributed by atoms with Crippen LogP contribution in [0, 0.1) is 0 Å². The summed E-state index contributed by atoms with van der Waals surface area (Å²) in [7, 11) is 2.13. The molecule has 0 radical (unpaired) electrons. The molecule has 2 aliphatic heterocycles. The molecule has 0 N–H and O–H groups in total. The molecule has 2 heterocycles. The first kappa shape index (κ1) is 10.6. The summed E-state index contributed by atoms with van der Waals surface area (Å²) in [6, 6.07) is 8.77. The Bertz CT molecular complexity index is 444. The molecule has 90 valence electrons. The molecule has 17 heavy (non-hydrogen) atoms. The maximum atomic E-state index is 11.9. The van der Waals surface area contributed by atoms with Crippen LogP contribution in [0.2, 0.25) is 0 Å². The van der Waals surface area contributed by atoms with Crippen LogP contribution >= 0.6 is 0 Å². The van der Waals surface area contributed by atoms with Gasteiger partial charge < -0.3 is 9.80 Å². The van der Waals surface area contributed by atoms with Crippen molar-refractivity contribution in [1.29, 1.82) is 0 Å². The molecule has 1 aromatic rings. The average Bonchev–Trinajstić information content (AvgIpc) is 2.77. The van der Waals surface area contributed by atoms with Gasteiger partial charge in [0.25, 0.3) is 0 Å². The van der Waals surface area contributed by atoms with Gasteiger partial charge >= 0.3 is 0 Å². The SMILES string of the molecule is CN1CC[C@@H](N2CCCC2=O)c2ccccc21. The van der Waals surface area contributed by atoms with Crippen molar-refractivity contribution in [2.24, 2.45) is 0 Å². The number of amides is 1. The monoisotopic (exact) mass is 230 g/mol. The lowest BCUT2D eigenvalue weighted by Crippen LogP contribution is -2.37. The highest BCUT2D eigenvalue weighted by atomic mass is 16.2. The number of likely N-dealkylation sites (tertiary alicyclic amines) is 1. The molecule has 3 nitrogen and oxygen atoms in total. The van der Waals surface area contributed by atoms with Gasteiger partial charge in [0.1, 0.15) is 0 Å². The van der Waals surface area contributed by atoms with Gasteiger partial charge in [-0.15, -0.1) is 0 Å². The number of carbonyl (C=O) groups is 1. The average molecular weight is 230 g/mol. The molecule has 0 bridgehead atoms. The third kappa shape index (κ3) is 1.70. The molecule has 1 saturated heterocycles. The number of benzene rings is 1. The summed E-state index contributed by atoms with van der Waals surface area (Å²) in [5.41, 5.74) is 2.60. The summed E-state index contributed by atoms with van der Waals surface area (Å²) in [4.78, 5) is 16.2. The van der Waals surface area contributed by atoms with Gasteiger partial charge in [0, 0.05) is 32.2 Å². The molecule has 0 unspecified atom stereocenters. The van der Waals surface area contributed by atoms with Crippen LogP contribution in [0.25, 0.3) is 0 Å². The van der Waals surface area contributed by atoms with Gasteiger partial charge in [-0.25, -0.2) is 0 Å². The molecule has 1 fully saturated rings. The molecule has 0 spiro atoms. The Balaban J connectivity index is 1.97. The number of hydrogen-bond donors (Lipinski definition) is 0. The Kier molecular flexibility index (Phi) is 2.54. The largest absolute Gasteiger partial charge is 0.374 e. The van der Waals surface area contributed by atoms with Crippen molar-refractivity contribution in [1.82, 2.24) is 4.90 Å².